The molecule has 13 aromatic rings. The van der Waals surface area contributed by atoms with Gasteiger partial charge in [-0.15, -0.1) is 0 Å². The molecule has 0 unspecified atom stereocenters. The van der Waals surface area contributed by atoms with Crippen LogP contribution in [0.15, 0.2) is 217 Å². The van der Waals surface area contributed by atoms with Gasteiger partial charge in [0.05, 0.1) is 38.5 Å². The van der Waals surface area contributed by atoms with Crippen molar-refractivity contribution in [2.45, 2.75) is 0 Å². The van der Waals surface area contributed by atoms with Crippen molar-refractivity contribution in [3.05, 3.63) is 212 Å². The van der Waals surface area contributed by atoms with E-state index < -0.39 is 0 Å². The van der Waals surface area contributed by atoms with E-state index in [1.165, 1.54) is 5.39 Å². The van der Waals surface area contributed by atoms with E-state index in [4.69, 9.17) is 19.4 Å². The van der Waals surface area contributed by atoms with Gasteiger partial charge in [-0.05, 0) is 60.2 Å². The number of benzene rings is 9. The Morgan fingerprint density at radius 2 is 0.730 bits per heavy atom. The van der Waals surface area contributed by atoms with Crippen LogP contribution < -0.4 is 0 Å². The molecule has 0 spiro atoms. The Balaban J connectivity index is 0.974. The summed E-state index contributed by atoms with van der Waals surface area (Å²) in [4.78, 5) is 14.8. The van der Waals surface area contributed by atoms with Gasteiger partial charge in [-0.1, -0.05) is 158 Å². The van der Waals surface area contributed by atoms with Crippen LogP contribution in [0.4, 0.5) is 0 Å². The molecule has 0 saturated heterocycles. The van der Waals surface area contributed by atoms with E-state index in [1.807, 2.05) is 60.7 Å². The highest BCUT2D eigenvalue weighted by Crippen LogP contribution is 2.45. The predicted octanol–water partition coefficient (Wildman–Crippen LogP) is 14.6. The van der Waals surface area contributed by atoms with Crippen LogP contribution in [0.2, 0.25) is 0 Å². The third kappa shape index (κ3) is 5.48. The van der Waals surface area contributed by atoms with Crippen molar-refractivity contribution in [2.24, 2.45) is 0 Å². The van der Waals surface area contributed by atoms with Crippen LogP contribution in [0.1, 0.15) is 0 Å². The van der Waals surface area contributed by atoms with Crippen LogP contribution >= 0.6 is 0 Å². The number of nitrogens with zero attached hydrogens (tertiary/aromatic N) is 5. The minimum atomic E-state index is 0.627. The van der Waals surface area contributed by atoms with Gasteiger partial charge in [0.1, 0.15) is 11.2 Å². The van der Waals surface area contributed by atoms with Gasteiger partial charge < -0.3 is 13.6 Å². The molecule has 0 saturated carbocycles. The normalized spacial score (nSPS) is 11.8. The highest BCUT2D eigenvalue weighted by Gasteiger charge is 2.23. The Morgan fingerprint density at radius 3 is 1.30 bits per heavy atom. The summed E-state index contributed by atoms with van der Waals surface area (Å²) < 4.78 is 11.9. The van der Waals surface area contributed by atoms with Crippen LogP contribution in [0.5, 0.6) is 0 Å². The molecule has 13 rings (SSSR count). The van der Waals surface area contributed by atoms with Crippen LogP contribution in [0.25, 0.3) is 122 Å². The van der Waals surface area contributed by atoms with Gasteiger partial charge >= 0.3 is 0 Å². The zero-order valence-electron chi connectivity index (χ0n) is 33.9. The molecule has 9 aromatic carbocycles. The van der Waals surface area contributed by atoms with Crippen molar-refractivity contribution in [3.8, 4) is 56.7 Å². The van der Waals surface area contributed by atoms with E-state index >= 15 is 0 Å². The molecule has 0 N–H and O–H groups in total. The summed E-state index contributed by atoms with van der Waals surface area (Å²) in [5, 5.41) is 6.75. The Morgan fingerprint density at radius 1 is 0.302 bits per heavy atom. The van der Waals surface area contributed by atoms with Crippen LogP contribution in [-0.2, 0) is 0 Å². The summed E-state index contributed by atoms with van der Waals surface area (Å²) in [6.07, 6.45) is 0. The third-order valence-electron chi connectivity index (χ3n) is 12.4. The van der Waals surface area contributed by atoms with Crippen molar-refractivity contribution in [3.63, 3.8) is 0 Å². The highest BCUT2D eigenvalue weighted by molar-refractivity contribution is 6.29. The summed E-state index contributed by atoms with van der Waals surface area (Å²) in [5.74, 6) is 1.91. The van der Waals surface area contributed by atoms with Crippen molar-refractivity contribution < 1.29 is 4.42 Å². The van der Waals surface area contributed by atoms with Gasteiger partial charge in [0.25, 0.3) is 0 Å². The second-order valence-electron chi connectivity index (χ2n) is 15.9. The Kier molecular flexibility index (Phi) is 7.80. The van der Waals surface area contributed by atoms with Crippen molar-refractivity contribution in [1.29, 1.82) is 0 Å². The molecule has 0 bridgehead atoms. The molecule has 6 nitrogen and oxygen atoms in total. The first-order valence-electron chi connectivity index (χ1n) is 21.2. The molecule has 294 valence electrons. The van der Waals surface area contributed by atoms with Gasteiger partial charge in [-0.3, -0.25) is 0 Å². The van der Waals surface area contributed by atoms with Gasteiger partial charge in [-0.2, -0.15) is 0 Å². The molecule has 0 fully saturated rings. The summed E-state index contributed by atoms with van der Waals surface area (Å²) in [6.45, 7) is 0. The quantitative estimate of drug-likeness (QED) is 0.168. The van der Waals surface area contributed by atoms with E-state index in [0.717, 1.165) is 99.4 Å². The first-order chi connectivity index (χ1) is 31.3. The molecule has 6 heteroatoms. The number of rotatable bonds is 6. The maximum absolute atomic E-state index is 7.19. The number of hydrogen-bond acceptors (Lipinski definition) is 4. The lowest BCUT2D eigenvalue weighted by Gasteiger charge is -2.14. The lowest BCUT2D eigenvalue weighted by Crippen LogP contribution is -2.00. The van der Waals surface area contributed by atoms with Crippen molar-refractivity contribution in [2.75, 3.05) is 0 Å². The molecular weight excluding hydrogens is 771 g/mol. The number of fused-ring (bicyclic) bond motifs is 11. The predicted molar refractivity (Wildman–Crippen MR) is 258 cm³/mol. The average Bonchev–Trinajstić information content (AvgIpc) is 4.02. The zero-order chi connectivity index (χ0) is 41.4. The number of furan rings is 1. The molecule has 0 atom stereocenters. The lowest BCUT2D eigenvalue weighted by molar-refractivity contribution is 0.677. The highest BCUT2D eigenvalue weighted by atomic mass is 16.3. The van der Waals surface area contributed by atoms with Crippen LogP contribution in [0, 0.1) is 0 Å². The number of hydrogen-bond donors (Lipinski definition) is 0. The van der Waals surface area contributed by atoms with Gasteiger partial charge in [0, 0.05) is 49.5 Å². The van der Waals surface area contributed by atoms with E-state index in [2.05, 4.69) is 161 Å². The van der Waals surface area contributed by atoms with E-state index in [1.54, 1.807) is 0 Å². The Labute approximate surface area is 361 Å². The smallest absolute Gasteiger partial charge is 0.164 e. The average molecular weight is 806 g/mol. The second kappa shape index (κ2) is 14.0. The summed E-state index contributed by atoms with van der Waals surface area (Å²) >= 11 is 0. The number of aromatic nitrogens is 5. The fourth-order valence-corrected chi connectivity index (χ4v) is 9.56. The molecule has 0 radical (unpaired) electrons. The molecule has 0 aliphatic rings. The molecule has 4 heterocycles. The molecule has 63 heavy (non-hydrogen) atoms. The maximum atomic E-state index is 7.19. The number of para-hydroxylation sites is 4. The van der Waals surface area contributed by atoms with E-state index in [9.17, 15) is 0 Å². The zero-order valence-corrected chi connectivity index (χ0v) is 33.9. The lowest BCUT2D eigenvalue weighted by atomic mass is 10.0. The third-order valence-corrected chi connectivity index (χ3v) is 12.4. The first-order valence-corrected chi connectivity index (χ1v) is 21.2. The minimum absolute atomic E-state index is 0.627. The maximum Gasteiger partial charge on any atom is 0.164 e. The minimum Gasteiger partial charge on any atom is -0.455 e. The van der Waals surface area contributed by atoms with E-state index in [-0.39, 0.29) is 0 Å². The fourth-order valence-electron chi connectivity index (χ4n) is 9.56. The molecular formula is C57H35N5O. The molecule has 0 aliphatic carbocycles. The summed E-state index contributed by atoms with van der Waals surface area (Å²) in [5.41, 5.74) is 13.5. The van der Waals surface area contributed by atoms with Crippen molar-refractivity contribution >= 4 is 65.6 Å². The molecule has 4 aromatic heterocycles. The van der Waals surface area contributed by atoms with Crippen LogP contribution in [0.3, 0.4) is 0 Å². The topological polar surface area (TPSA) is 61.7 Å². The Hall–Kier alpha value is -8.61. The van der Waals surface area contributed by atoms with Crippen molar-refractivity contribution in [1.82, 2.24) is 24.1 Å². The van der Waals surface area contributed by atoms with Gasteiger partial charge in [0.2, 0.25) is 0 Å². The van der Waals surface area contributed by atoms with Gasteiger partial charge in [0.15, 0.2) is 17.5 Å². The standard InChI is InChI=1S/C57H35N5O/c1-4-16-37(17-5-1)55-58-56(38-18-6-2-7-19-38)60-57(59-55)39-30-28-36(29-31-39)41-22-10-13-25-46(41)62-48-27-15-12-24-45(48)52-50(62)35-33-43-42-32-34-49-51(53(42)63-54(43)52)44-23-11-14-26-47(44)61(49)40-20-8-3-9-21-40/h1-35H. The second-order valence-corrected chi connectivity index (χ2v) is 15.9. The largest absolute Gasteiger partial charge is 0.455 e. The van der Waals surface area contributed by atoms with Gasteiger partial charge in [-0.25, -0.2) is 15.0 Å². The molecule has 0 aliphatic heterocycles. The monoisotopic (exact) mass is 805 g/mol. The fraction of sp³-hybridized carbons (Fsp3) is 0. The van der Waals surface area contributed by atoms with Crippen LogP contribution in [-0.4, -0.2) is 24.1 Å². The SMILES string of the molecule is c1ccc(-c2nc(-c3ccccc3)nc(-c3ccc(-c4ccccc4-n4c5ccccc5c5c6oc7c(ccc8c7c7ccccc7n8-c7ccccc7)c6ccc54)cc3)n2)cc1. The molecule has 0 amide bonds. The first kappa shape index (κ1) is 35.2. The summed E-state index contributed by atoms with van der Waals surface area (Å²) in [7, 11) is 0. The van der Waals surface area contributed by atoms with E-state index in [0.29, 0.717) is 17.5 Å². The summed E-state index contributed by atoms with van der Waals surface area (Å²) in [6, 6.07) is 74.3. The Bertz CT molecular complexity index is 3830.